The number of non-ortho nitro benzene ring substituents is 1. The molecule has 18 heavy (non-hydrogen) atoms. The Bertz CT molecular complexity index is 532. The lowest BCUT2D eigenvalue weighted by Gasteiger charge is -2.04. The highest BCUT2D eigenvalue weighted by molar-refractivity contribution is 5.80. The average molecular weight is 254 g/mol. The second-order valence-corrected chi connectivity index (χ2v) is 3.59. The number of nitrogens with zero attached hydrogens (tertiary/aromatic N) is 4. The Hall–Kier alpha value is -2.78. The molecule has 0 N–H and O–H groups in total. The van der Waals surface area contributed by atoms with Crippen molar-refractivity contribution in [2.75, 3.05) is 18.0 Å². The van der Waals surface area contributed by atoms with Crippen molar-refractivity contribution in [3.63, 3.8) is 0 Å². The van der Waals surface area contributed by atoms with Crippen LogP contribution in [-0.2, 0) is 0 Å². The predicted molar refractivity (Wildman–Crippen MR) is 58.6 cm³/mol. The molecule has 0 unspecified atom stereocenters. The first-order valence-corrected chi connectivity index (χ1v) is 4.78. The van der Waals surface area contributed by atoms with E-state index in [2.05, 4.69) is 0 Å². The van der Waals surface area contributed by atoms with Gasteiger partial charge in [0.1, 0.15) is 0 Å². The topological polar surface area (TPSA) is 132 Å². The fraction of sp³-hybridized carbons (Fsp3) is 0.250. The molecule has 0 aromatic heterocycles. The Morgan fingerprint density at radius 3 is 1.61 bits per heavy atom. The summed E-state index contributed by atoms with van der Waals surface area (Å²) in [6, 6.07) is 1.47. The number of hydrogen-bond donors (Lipinski definition) is 0. The molecule has 1 saturated heterocycles. The smallest absolute Gasteiger partial charge is 0.306 e. The fourth-order valence-corrected chi connectivity index (χ4v) is 1.57. The molecular formula is C8H6N4O6. The summed E-state index contributed by atoms with van der Waals surface area (Å²) >= 11 is 0. The molecule has 0 radical (unpaired) electrons. The van der Waals surface area contributed by atoms with Crippen LogP contribution >= 0.6 is 0 Å². The summed E-state index contributed by atoms with van der Waals surface area (Å²) in [5.74, 6) is 0. The van der Waals surface area contributed by atoms with E-state index < -0.39 is 31.8 Å². The highest BCUT2D eigenvalue weighted by Gasteiger charge is 2.37. The molecule has 0 amide bonds. The summed E-state index contributed by atoms with van der Waals surface area (Å²) in [7, 11) is 0. The number of anilines is 1. The van der Waals surface area contributed by atoms with Crippen molar-refractivity contribution in [2.24, 2.45) is 0 Å². The van der Waals surface area contributed by atoms with Crippen LogP contribution in [0.3, 0.4) is 0 Å². The fourth-order valence-electron chi connectivity index (χ4n) is 1.57. The Morgan fingerprint density at radius 2 is 1.33 bits per heavy atom. The molecule has 10 nitrogen and oxygen atoms in total. The molecule has 0 spiro atoms. The van der Waals surface area contributed by atoms with Crippen LogP contribution in [0.4, 0.5) is 22.7 Å². The van der Waals surface area contributed by atoms with Crippen LogP contribution in [0, 0.1) is 30.3 Å². The molecule has 1 aromatic carbocycles. The van der Waals surface area contributed by atoms with Crippen molar-refractivity contribution in [1.82, 2.24) is 0 Å². The van der Waals surface area contributed by atoms with Crippen molar-refractivity contribution >= 4 is 22.7 Å². The summed E-state index contributed by atoms with van der Waals surface area (Å²) in [6.07, 6.45) is 0. The molecular weight excluding hydrogens is 248 g/mol. The molecule has 1 aliphatic rings. The van der Waals surface area contributed by atoms with Crippen LogP contribution in [-0.4, -0.2) is 27.9 Å². The number of nitro groups is 3. The quantitative estimate of drug-likeness (QED) is 0.448. The molecule has 94 valence electrons. The van der Waals surface area contributed by atoms with Gasteiger partial charge in [-0.05, 0) is 0 Å². The lowest BCUT2D eigenvalue weighted by Crippen LogP contribution is -2.04. The molecule has 0 atom stereocenters. The van der Waals surface area contributed by atoms with Crippen molar-refractivity contribution in [2.45, 2.75) is 0 Å². The van der Waals surface area contributed by atoms with E-state index in [1.165, 1.54) is 4.90 Å². The summed E-state index contributed by atoms with van der Waals surface area (Å²) in [4.78, 5) is 31.1. The van der Waals surface area contributed by atoms with E-state index >= 15 is 0 Å². The van der Waals surface area contributed by atoms with E-state index in [0.717, 1.165) is 12.1 Å². The zero-order valence-electron chi connectivity index (χ0n) is 8.81. The third-order valence-corrected chi connectivity index (χ3v) is 2.42. The summed E-state index contributed by atoms with van der Waals surface area (Å²) in [6.45, 7) is 0.916. The maximum absolute atomic E-state index is 10.8. The average Bonchev–Trinajstić information content (AvgIpc) is 3.10. The van der Waals surface area contributed by atoms with Gasteiger partial charge in [-0.25, -0.2) is 0 Å². The van der Waals surface area contributed by atoms with Crippen LogP contribution in [0.2, 0.25) is 0 Å². The van der Waals surface area contributed by atoms with Crippen LogP contribution in [0.15, 0.2) is 12.1 Å². The molecule has 0 bridgehead atoms. The van der Waals surface area contributed by atoms with E-state index in [1.54, 1.807) is 0 Å². The Kier molecular flexibility index (Phi) is 2.54. The van der Waals surface area contributed by atoms with Gasteiger partial charge in [-0.1, -0.05) is 0 Å². The molecule has 1 heterocycles. The highest BCUT2D eigenvalue weighted by atomic mass is 16.6. The van der Waals surface area contributed by atoms with E-state index in [0.29, 0.717) is 13.1 Å². The van der Waals surface area contributed by atoms with Crippen molar-refractivity contribution < 1.29 is 14.8 Å². The minimum absolute atomic E-state index is 0.171. The van der Waals surface area contributed by atoms with Gasteiger partial charge in [0.05, 0.1) is 26.9 Å². The Balaban J connectivity index is 2.71. The number of rotatable bonds is 4. The SMILES string of the molecule is O=[N+]([O-])c1cc([N+](=O)[O-])c(N2CC2)c([N+](=O)[O-])c1. The van der Waals surface area contributed by atoms with E-state index in [-0.39, 0.29) is 5.69 Å². The highest BCUT2D eigenvalue weighted by Crippen LogP contribution is 2.43. The van der Waals surface area contributed by atoms with Gasteiger partial charge >= 0.3 is 11.4 Å². The maximum atomic E-state index is 10.8. The molecule has 1 aromatic rings. The first-order valence-electron chi connectivity index (χ1n) is 4.78. The number of benzene rings is 1. The van der Waals surface area contributed by atoms with Gasteiger partial charge in [-0.3, -0.25) is 30.3 Å². The molecule has 0 saturated carbocycles. The largest absolute Gasteiger partial charge is 0.357 e. The minimum Gasteiger partial charge on any atom is -0.357 e. The van der Waals surface area contributed by atoms with Crippen molar-refractivity contribution in [3.8, 4) is 0 Å². The monoisotopic (exact) mass is 254 g/mol. The van der Waals surface area contributed by atoms with Gasteiger partial charge in [0, 0.05) is 13.1 Å². The molecule has 0 aliphatic carbocycles. The van der Waals surface area contributed by atoms with E-state index in [9.17, 15) is 30.3 Å². The Morgan fingerprint density at radius 1 is 0.889 bits per heavy atom. The van der Waals surface area contributed by atoms with Gasteiger partial charge in [0.2, 0.25) is 0 Å². The first-order chi connectivity index (χ1) is 8.41. The van der Waals surface area contributed by atoms with Gasteiger partial charge in [0.25, 0.3) is 5.69 Å². The molecule has 2 rings (SSSR count). The summed E-state index contributed by atoms with van der Waals surface area (Å²) in [5.41, 5.74) is -2.07. The summed E-state index contributed by atoms with van der Waals surface area (Å²) in [5, 5.41) is 32.3. The predicted octanol–water partition coefficient (Wildman–Crippen LogP) is 1.23. The third kappa shape index (κ3) is 1.90. The van der Waals surface area contributed by atoms with Gasteiger partial charge in [0.15, 0.2) is 5.69 Å². The lowest BCUT2D eigenvalue weighted by atomic mass is 10.2. The zero-order valence-corrected chi connectivity index (χ0v) is 8.81. The number of nitro benzene ring substituents is 3. The van der Waals surface area contributed by atoms with Crippen LogP contribution in [0.25, 0.3) is 0 Å². The number of hydrogen-bond acceptors (Lipinski definition) is 7. The van der Waals surface area contributed by atoms with Crippen LogP contribution in [0.5, 0.6) is 0 Å². The van der Waals surface area contributed by atoms with Crippen LogP contribution in [0.1, 0.15) is 0 Å². The first kappa shape index (κ1) is 11.7. The van der Waals surface area contributed by atoms with Crippen molar-refractivity contribution in [1.29, 1.82) is 0 Å². The maximum Gasteiger partial charge on any atom is 0.306 e. The molecule has 1 aliphatic heterocycles. The Labute approximate surface area is 98.9 Å². The molecule has 1 fully saturated rings. The second-order valence-electron chi connectivity index (χ2n) is 3.59. The van der Waals surface area contributed by atoms with E-state index in [4.69, 9.17) is 0 Å². The van der Waals surface area contributed by atoms with Gasteiger partial charge in [-0.15, -0.1) is 0 Å². The third-order valence-electron chi connectivity index (χ3n) is 2.42. The van der Waals surface area contributed by atoms with Crippen LogP contribution < -0.4 is 4.90 Å². The van der Waals surface area contributed by atoms with Crippen molar-refractivity contribution in [3.05, 3.63) is 42.5 Å². The normalized spacial score (nSPS) is 13.2. The van der Waals surface area contributed by atoms with E-state index in [1.807, 2.05) is 0 Å². The molecule has 10 heteroatoms. The van der Waals surface area contributed by atoms with Gasteiger partial charge in [-0.2, -0.15) is 0 Å². The second kappa shape index (κ2) is 3.91. The minimum atomic E-state index is -0.897. The lowest BCUT2D eigenvalue weighted by molar-refractivity contribution is -0.402. The zero-order chi connectivity index (χ0) is 13.4. The summed E-state index contributed by atoms with van der Waals surface area (Å²) < 4.78 is 0. The van der Waals surface area contributed by atoms with Gasteiger partial charge < -0.3 is 4.90 Å². The standard InChI is InChI=1S/C8H6N4O6/c13-10(14)5-3-6(11(15)16)8(9-1-2-9)7(4-5)12(17)18/h3-4H,1-2H2.